The average molecular weight is 187 g/mol. The zero-order chi connectivity index (χ0) is 10.3. The molecule has 2 N–H and O–H groups in total. The minimum Gasteiger partial charge on any atom is -0.480 e. The van der Waals surface area contributed by atoms with Crippen LogP contribution in [0.25, 0.3) is 0 Å². The summed E-state index contributed by atoms with van der Waals surface area (Å²) in [6.07, 6.45) is 1.23. The van der Waals surface area contributed by atoms with E-state index in [2.05, 4.69) is 10.3 Å². The van der Waals surface area contributed by atoms with Crippen molar-refractivity contribution in [2.24, 2.45) is 4.99 Å². The first-order valence-electron chi connectivity index (χ1n) is 3.32. The summed E-state index contributed by atoms with van der Waals surface area (Å²) in [5, 5.41) is 10.5. The van der Waals surface area contributed by atoms with E-state index in [1.807, 2.05) is 0 Å². The molecule has 0 radical (unpaired) electrons. The van der Waals surface area contributed by atoms with E-state index in [4.69, 9.17) is 5.11 Å². The summed E-state index contributed by atoms with van der Waals surface area (Å²) in [5.74, 6) is -1.11. The van der Waals surface area contributed by atoms with Gasteiger partial charge in [-0.3, -0.25) is 4.79 Å². The monoisotopic (exact) mass is 187 g/mol. The summed E-state index contributed by atoms with van der Waals surface area (Å²) in [7, 11) is 1.31. The predicted octanol–water partition coefficient (Wildman–Crippen LogP) is -0.994. The quantitative estimate of drug-likeness (QED) is 0.435. The molecule has 0 rings (SSSR count). The zero-order valence-corrected chi connectivity index (χ0v) is 6.98. The molecule has 0 aromatic carbocycles. The highest BCUT2D eigenvalue weighted by molar-refractivity contribution is 5.79. The lowest BCUT2D eigenvalue weighted by atomic mass is 10.6. The van der Waals surface area contributed by atoms with E-state index in [-0.39, 0.29) is 6.67 Å². The Hall–Kier alpha value is -1.88. The number of aliphatic carboxylic acids is 1. The summed E-state index contributed by atoms with van der Waals surface area (Å²) >= 11 is 0. The van der Waals surface area contributed by atoms with Crippen LogP contribution in [0.3, 0.4) is 0 Å². The van der Waals surface area contributed by atoms with E-state index >= 15 is 0 Å². The Morgan fingerprint density at radius 1 is 1.62 bits per heavy atom. The second kappa shape index (κ2) is 5.73. The minimum atomic E-state index is -1.11. The lowest BCUT2D eigenvalue weighted by Gasteiger charge is -2.13. The van der Waals surface area contributed by atoms with E-state index in [9.17, 15) is 14.4 Å². The Morgan fingerprint density at radius 3 is 2.69 bits per heavy atom. The number of carboxylic acid groups (broad SMARTS) is 1. The van der Waals surface area contributed by atoms with Crippen molar-refractivity contribution in [1.29, 1.82) is 0 Å². The number of nitrogens with one attached hydrogen (secondary N) is 1. The molecule has 0 aliphatic carbocycles. The standard InChI is InChI=1S/C6H9N3O4/c1-9(2-5(11)12)6(13)8-3-7-4-10/h2-3H2,1H3,(H,8,13)(H,11,12). The molecule has 7 heteroatoms. The maximum atomic E-state index is 10.9. The van der Waals surface area contributed by atoms with E-state index in [0.29, 0.717) is 0 Å². The molecular formula is C6H9N3O4. The van der Waals surface area contributed by atoms with Gasteiger partial charge in [0.2, 0.25) is 6.08 Å². The molecule has 0 bridgehead atoms. The molecule has 0 saturated heterocycles. The highest BCUT2D eigenvalue weighted by atomic mass is 16.4. The fourth-order valence-corrected chi connectivity index (χ4v) is 0.549. The van der Waals surface area contributed by atoms with Crippen molar-refractivity contribution in [2.75, 3.05) is 20.3 Å². The SMILES string of the molecule is CN(CC(=O)O)C(=O)NCN=C=O. The van der Waals surface area contributed by atoms with E-state index in [1.54, 1.807) is 0 Å². The third kappa shape index (κ3) is 5.40. The van der Waals surface area contributed by atoms with Crippen molar-refractivity contribution in [3.63, 3.8) is 0 Å². The lowest BCUT2D eigenvalue weighted by molar-refractivity contribution is -0.137. The molecule has 0 aliphatic rings. The third-order valence-corrected chi connectivity index (χ3v) is 1.09. The smallest absolute Gasteiger partial charge is 0.323 e. The van der Waals surface area contributed by atoms with Crippen LogP contribution in [0.5, 0.6) is 0 Å². The maximum absolute atomic E-state index is 10.9. The molecule has 0 heterocycles. The molecule has 0 unspecified atom stereocenters. The lowest BCUT2D eigenvalue weighted by Crippen LogP contribution is -2.40. The average Bonchev–Trinajstić information content (AvgIpc) is 2.03. The van der Waals surface area contributed by atoms with Gasteiger partial charge >= 0.3 is 12.0 Å². The van der Waals surface area contributed by atoms with Crippen LogP contribution in [0.2, 0.25) is 0 Å². The molecule has 0 aromatic heterocycles. The summed E-state index contributed by atoms with van der Waals surface area (Å²) in [6.45, 7) is -0.608. The normalized spacial score (nSPS) is 8.38. The molecule has 7 nitrogen and oxygen atoms in total. The van der Waals surface area contributed by atoms with Crippen molar-refractivity contribution < 1.29 is 19.5 Å². The molecule has 2 amide bonds. The van der Waals surface area contributed by atoms with Gasteiger partial charge in [-0.25, -0.2) is 9.59 Å². The van der Waals surface area contributed by atoms with E-state index in [0.717, 1.165) is 4.90 Å². The van der Waals surface area contributed by atoms with Crippen LogP contribution in [0.15, 0.2) is 4.99 Å². The Kier molecular flexibility index (Phi) is 4.90. The van der Waals surface area contributed by atoms with Gasteiger partial charge in [0.05, 0.1) is 0 Å². The van der Waals surface area contributed by atoms with Crippen molar-refractivity contribution in [3.8, 4) is 0 Å². The number of urea groups is 1. The number of hydrogen-bond donors (Lipinski definition) is 2. The second-order valence-electron chi connectivity index (χ2n) is 2.14. The molecule has 72 valence electrons. The van der Waals surface area contributed by atoms with Gasteiger partial charge in [0.25, 0.3) is 0 Å². The Bertz CT molecular complexity index is 246. The Morgan fingerprint density at radius 2 is 2.23 bits per heavy atom. The number of carboxylic acids is 1. The van der Waals surface area contributed by atoms with Gasteiger partial charge in [0.1, 0.15) is 13.2 Å². The van der Waals surface area contributed by atoms with Crippen molar-refractivity contribution in [2.45, 2.75) is 0 Å². The summed E-state index contributed by atoms with van der Waals surface area (Å²) in [4.78, 5) is 34.6. The Labute approximate surface area is 74.0 Å². The highest BCUT2D eigenvalue weighted by Gasteiger charge is 2.10. The van der Waals surface area contributed by atoms with Gasteiger partial charge in [-0.15, -0.1) is 0 Å². The van der Waals surface area contributed by atoms with Crippen LogP contribution in [0.4, 0.5) is 4.79 Å². The number of carbonyl (C=O) groups excluding carboxylic acids is 2. The second-order valence-corrected chi connectivity index (χ2v) is 2.14. The number of carbonyl (C=O) groups is 2. The third-order valence-electron chi connectivity index (χ3n) is 1.09. The summed E-state index contributed by atoms with van der Waals surface area (Å²) in [5.41, 5.74) is 0. The van der Waals surface area contributed by atoms with Gasteiger partial charge in [0, 0.05) is 7.05 Å². The molecular weight excluding hydrogens is 178 g/mol. The fourth-order valence-electron chi connectivity index (χ4n) is 0.549. The number of nitrogens with zero attached hydrogens (tertiary/aromatic N) is 2. The van der Waals surface area contributed by atoms with Gasteiger partial charge < -0.3 is 15.3 Å². The van der Waals surface area contributed by atoms with E-state index in [1.165, 1.54) is 13.1 Å². The van der Waals surface area contributed by atoms with Crippen LogP contribution in [-0.4, -0.2) is 48.3 Å². The molecule has 13 heavy (non-hydrogen) atoms. The van der Waals surface area contributed by atoms with Crippen LogP contribution in [0.1, 0.15) is 0 Å². The zero-order valence-electron chi connectivity index (χ0n) is 6.98. The van der Waals surface area contributed by atoms with Crippen molar-refractivity contribution >= 4 is 18.1 Å². The number of hydrogen-bond acceptors (Lipinski definition) is 4. The molecule has 0 saturated carbocycles. The summed E-state index contributed by atoms with van der Waals surface area (Å²) < 4.78 is 0. The number of aliphatic imine (C=N–C) groups is 1. The van der Waals surface area contributed by atoms with E-state index < -0.39 is 18.5 Å². The van der Waals surface area contributed by atoms with Gasteiger partial charge in [0.15, 0.2) is 0 Å². The molecule has 0 fully saturated rings. The van der Waals surface area contributed by atoms with Crippen LogP contribution in [-0.2, 0) is 9.59 Å². The predicted molar refractivity (Wildman–Crippen MR) is 41.8 cm³/mol. The molecule has 0 aromatic rings. The largest absolute Gasteiger partial charge is 0.480 e. The number of rotatable bonds is 4. The van der Waals surface area contributed by atoms with Crippen molar-refractivity contribution in [1.82, 2.24) is 10.2 Å². The first kappa shape index (κ1) is 11.1. The summed E-state index contributed by atoms with van der Waals surface area (Å²) in [6, 6.07) is -0.610. The van der Waals surface area contributed by atoms with Gasteiger partial charge in [-0.05, 0) is 0 Å². The van der Waals surface area contributed by atoms with Gasteiger partial charge in [-0.1, -0.05) is 0 Å². The highest BCUT2D eigenvalue weighted by Crippen LogP contribution is 1.82. The number of isocyanates is 1. The minimum absolute atomic E-state index is 0.202. The molecule has 0 atom stereocenters. The van der Waals surface area contributed by atoms with Crippen molar-refractivity contribution in [3.05, 3.63) is 0 Å². The molecule has 0 spiro atoms. The fraction of sp³-hybridized carbons (Fsp3) is 0.500. The topological polar surface area (TPSA) is 99.1 Å². The van der Waals surface area contributed by atoms with Gasteiger partial charge in [-0.2, -0.15) is 4.99 Å². The van der Waals surface area contributed by atoms with Crippen LogP contribution in [0, 0.1) is 0 Å². The van der Waals surface area contributed by atoms with Crippen LogP contribution < -0.4 is 5.32 Å². The number of amides is 2. The maximum Gasteiger partial charge on any atom is 0.323 e. The molecule has 0 aliphatic heterocycles. The first-order valence-corrected chi connectivity index (χ1v) is 3.32. The van der Waals surface area contributed by atoms with Crippen LogP contribution >= 0.6 is 0 Å². The number of likely N-dealkylation sites (N-methyl/N-ethyl adjacent to an activating group) is 1. The first-order chi connectivity index (χ1) is 6.07. The Balaban J connectivity index is 3.82.